The summed E-state index contributed by atoms with van der Waals surface area (Å²) in [4.78, 5) is 18.1. The molecule has 6 nitrogen and oxygen atoms in total. The predicted octanol–water partition coefficient (Wildman–Crippen LogP) is 1.71. The molecular formula is C14H17FN6. The van der Waals surface area contributed by atoms with Crippen LogP contribution in [0, 0.1) is 19.7 Å². The van der Waals surface area contributed by atoms with Crippen molar-refractivity contribution in [2.45, 2.75) is 26.3 Å². The first-order chi connectivity index (χ1) is 10.1. The van der Waals surface area contributed by atoms with Crippen molar-refractivity contribution >= 4 is 11.6 Å². The topological polar surface area (TPSA) is 66.8 Å². The van der Waals surface area contributed by atoms with Gasteiger partial charge in [0.1, 0.15) is 18.5 Å². The van der Waals surface area contributed by atoms with Gasteiger partial charge in [-0.2, -0.15) is 0 Å². The molecule has 0 amide bonds. The lowest BCUT2D eigenvalue weighted by atomic mass is 10.2. The molecule has 1 aliphatic rings. The fourth-order valence-corrected chi connectivity index (χ4v) is 2.48. The SMILES string of the molecule is Cc1cc(NC2CCN(c3ncnc(C)c3F)C2)ncn1. The van der Waals surface area contributed by atoms with Crippen LogP contribution in [0.1, 0.15) is 17.8 Å². The highest BCUT2D eigenvalue weighted by Gasteiger charge is 2.26. The van der Waals surface area contributed by atoms with Gasteiger partial charge in [-0.3, -0.25) is 0 Å². The van der Waals surface area contributed by atoms with Crippen molar-refractivity contribution < 1.29 is 4.39 Å². The minimum absolute atomic E-state index is 0.217. The lowest BCUT2D eigenvalue weighted by molar-refractivity contribution is 0.596. The molecule has 1 aliphatic heterocycles. The van der Waals surface area contributed by atoms with Crippen LogP contribution < -0.4 is 10.2 Å². The first kappa shape index (κ1) is 13.7. The molecule has 3 rings (SSSR count). The molecule has 110 valence electrons. The monoisotopic (exact) mass is 288 g/mol. The van der Waals surface area contributed by atoms with Crippen LogP contribution in [0.3, 0.4) is 0 Å². The van der Waals surface area contributed by atoms with E-state index < -0.39 is 0 Å². The summed E-state index contributed by atoms with van der Waals surface area (Å²) in [7, 11) is 0. The normalized spacial score (nSPS) is 18.0. The molecule has 0 radical (unpaired) electrons. The predicted molar refractivity (Wildman–Crippen MR) is 77.7 cm³/mol. The van der Waals surface area contributed by atoms with Gasteiger partial charge >= 0.3 is 0 Å². The van der Waals surface area contributed by atoms with Gasteiger partial charge in [0, 0.05) is 30.9 Å². The van der Waals surface area contributed by atoms with Gasteiger partial charge in [-0.25, -0.2) is 24.3 Å². The molecule has 0 bridgehead atoms. The van der Waals surface area contributed by atoms with Crippen LogP contribution in [-0.4, -0.2) is 39.1 Å². The molecule has 7 heteroatoms. The Kier molecular flexibility index (Phi) is 3.64. The molecule has 1 fully saturated rings. The van der Waals surface area contributed by atoms with E-state index in [-0.39, 0.29) is 11.9 Å². The van der Waals surface area contributed by atoms with Crippen molar-refractivity contribution in [2.75, 3.05) is 23.3 Å². The highest BCUT2D eigenvalue weighted by atomic mass is 19.1. The van der Waals surface area contributed by atoms with E-state index in [0.717, 1.165) is 24.5 Å². The molecule has 0 aromatic carbocycles. The average molecular weight is 288 g/mol. The summed E-state index contributed by atoms with van der Waals surface area (Å²) in [6.07, 6.45) is 3.85. The number of anilines is 2. The standard InChI is InChI=1S/C14H17FN6/c1-9-5-12(18-7-16-9)20-11-3-4-21(6-11)14-13(15)10(2)17-8-19-14/h5,7-8,11H,3-4,6H2,1-2H3,(H,16,18,20). The van der Waals surface area contributed by atoms with E-state index >= 15 is 0 Å². The second-order valence-corrected chi connectivity index (χ2v) is 5.22. The third-order valence-corrected chi connectivity index (χ3v) is 3.59. The highest BCUT2D eigenvalue weighted by molar-refractivity contribution is 5.44. The highest BCUT2D eigenvalue weighted by Crippen LogP contribution is 2.23. The van der Waals surface area contributed by atoms with Crippen LogP contribution in [-0.2, 0) is 0 Å². The molecule has 2 aromatic rings. The van der Waals surface area contributed by atoms with Gasteiger partial charge in [0.15, 0.2) is 11.6 Å². The fourth-order valence-electron chi connectivity index (χ4n) is 2.48. The van der Waals surface area contributed by atoms with Crippen molar-refractivity contribution in [3.05, 3.63) is 35.9 Å². The number of hydrogen-bond acceptors (Lipinski definition) is 6. The van der Waals surface area contributed by atoms with Crippen molar-refractivity contribution in [1.29, 1.82) is 0 Å². The minimum Gasteiger partial charge on any atom is -0.365 e. The van der Waals surface area contributed by atoms with E-state index in [2.05, 4.69) is 25.3 Å². The summed E-state index contributed by atoms with van der Waals surface area (Å²) in [5, 5.41) is 3.36. The van der Waals surface area contributed by atoms with Crippen LogP contribution in [0.5, 0.6) is 0 Å². The van der Waals surface area contributed by atoms with Crippen LogP contribution in [0.25, 0.3) is 0 Å². The molecule has 2 aromatic heterocycles. The third kappa shape index (κ3) is 2.91. The lowest BCUT2D eigenvalue weighted by Gasteiger charge is -2.19. The first-order valence-corrected chi connectivity index (χ1v) is 6.90. The van der Waals surface area contributed by atoms with E-state index in [1.54, 1.807) is 6.92 Å². The maximum Gasteiger partial charge on any atom is 0.186 e. The molecule has 1 saturated heterocycles. The Morgan fingerprint density at radius 1 is 1.19 bits per heavy atom. The van der Waals surface area contributed by atoms with Crippen molar-refractivity contribution in [2.24, 2.45) is 0 Å². The third-order valence-electron chi connectivity index (χ3n) is 3.59. The van der Waals surface area contributed by atoms with E-state index in [4.69, 9.17) is 0 Å². The van der Waals surface area contributed by atoms with E-state index in [1.807, 2.05) is 17.9 Å². The summed E-state index contributed by atoms with van der Waals surface area (Å²) >= 11 is 0. The van der Waals surface area contributed by atoms with Crippen molar-refractivity contribution in [3.63, 3.8) is 0 Å². The molecule has 0 saturated carbocycles. The number of nitrogens with zero attached hydrogens (tertiary/aromatic N) is 5. The zero-order valence-electron chi connectivity index (χ0n) is 12.0. The van der Waals surface area contributed by atoms with Crippen molar-refractivity contribution in [1.82, 2.24) is 19.9 Å². The molecule has 3 heterocycles. The van der Waals surface area contributed by atoms with Crippen LogP contribution in [0.4, 0.5) is 16.0 Å². The number of hydrogen-bond donors (Lipinski definition) is 1. The van der Waals surface area contributed by atoms with Crippen molar-refractivity contribution in [3.8, 4) is 0 Å². The summed E-state index contributed by atoms with van der Waals surface area (Å²) in [6.45, 7) is 5.02. The summed E-state index contributed by atoms with van der Waals surface area (Å²) < 4.78 is 14.1. The minimum atomic E-state index is -0.337. The Labute approximate surface area is 122 Å². The van der Waals surface area contributed by atoms with E-state index in [1.165, 1.54) is 12.7 Å². The van der Waals surface area contributed by atoms with Gasteiger partial charge in [0.05, 0.1) is 5.69 Å². The summed E-state index contributed by atoms with van der Waals surface area (Å²) in [5.74, 6) is 0.843. The quantitative estimate of drug-likeness (QED) is 0.927. The van der Waals surface area contributed by atoms with Gasteiger partial charge in [-0.15, -0.1) is 0 Å². The van der Waals surface area contributed by atoms with Gasteiger partial charge in [-0.1, -0.05) is 0 Å². The number of rotatable bonds is 3. The Bertz CT molecular complexity index is 647. The van der Waals surface area contributed by atoms with Gasteiger partial charge in [0.2, 0.25) is 0 Å². The number of halogens is 1. The van der Waals surface area contributed by atoms with Gasteiger partial charge < -0.3 is 10.2 Å². The van der Waals surface area contributed by atoms with E-state index in [0.29, 0.717) is 18.1 Å². The Hall–Kier alpha value is -2.31. The molecule has 1 atom stereocenters. The number of aromatic nitrogens is 4. The molecular weight excluding hydrogens is 271 g/mol. The maximum absolute atomic E-state index is 14.1. The Morgan fingerprint density at radius 3 is 2.81 bits per heavy atom. The molecule has 0 aliphatic carbocycles. The van der Waals surface area contributed by atoms with Crippen LogP contribution in [0.2, 0.25) is 0 Å². The lowest BCUT2D eigenvalue weighted by Crippen LogP contribution is -2.27. The first-order valence-electron chi connectivity index (χ1n) is 6.90. The molecule has 0 spiro atoms. The summed E-state index contributed by atoms with van der Waals surface area (Å²) in [6, 6.07) is 2.12. The van der Waals surface area contributed by atoms with Crippen LogP contribution >= 0.6 is 0 Å². The molecule has 21 heavy (non-hydrogen) atoms. The zero-order chi connectivity index (χ0) is 14.8. The summed E-state index contributed by atoms with van der Waals surface area (Å²) in [5.41, 5.74) is 1.29. The Balaban J connectivity index is 1.69. The van der Waals surface area contributed by atoms with Gasteiger partial charge in [-0.05, 0) is 20.3 Å². The second-order valence-electron chi connectivity index (χ2n) is 5.22. The largest absolute Gasteiger partial charge is 0.365 e. The fraction of sp³-hybridized carbons (Fsp3) is 0.429. The van der Waals surface area contributed by atoms with E-state index in [9.17, 15) is 4.39 Å². The Morgan fingerprint density at radius 2 is 2.00 bits per heavy atom. The van der Waals surface area contributed by atoms with Gasteiger partial charge in [0.25, 0.3) is 0 Å². The zero-order valence-corrected chi connectivity index (χ0v) is 12.0. The molecule has 1 N–H and O–H groups in total. The number of aryl methyl sites for hydroxylation is 2. The number of nitrogens with one attached hydrogen (secondary N) is 1. The van der Waals surface area contributed by atoms with Crippen LogP contribution in [0.15, 0.2) is 18.7 Å². The smallest absolute Gasteiger partial charge is 0.186 e. The molecule has 1 unspecified atom stereocenters. The second kappa shape index (κ2) is 5.59. The average Bonchev–Trinajstić information content (AvgIpc) is 2.90. The maximum atomic E-state index is 14.1.